The summed E-state index contributed by atoms with van der Waals surface area (Å²) < 4.78 is 2.50. The molecule has 1 aliphatic carbocycles. The molecule has 0 N–H and O–H groups in total. The minimum absolute atomic E-state index is 0.197. The summed E-state index contributed by atoms with van der Waals surface area (Å²) >= 11 is 0. The Labute approximate surface area is 310 Å². The van der Waals surface area contributed by atoms with E-state index in [1.807, 2.05) is 0 Å². The Bertz CT molecular complexity index is 2800. The van der Waals surface area contributed by atoms with Crippen molar-refractivity contribution >= 4 is 61.8 Å². The van der Waals surface area contributed by atoms with Crippen molar-refractivity contribution < 1.29 is 0 Å². The fraction of sp³-hybridized carbons (Fsp3) is 0.0588. The molecule has 0 saturated heterocycles. The van der Waals surface area contributed by atoms with E-state index in [0.717, 1.165) is 17.1 Å². The number of para-hydroxylation sites is 3. The second kappa shape index (κ2) is 12.3. The normalized spacial score (nSPS) is 13.2. The van der Waals surface area contributed by atoms with Crippen molar-refractivity contribution in [1.82, 2.24) is 4.57 Å². The predicted molar refractivity (Wildman–Crippen MR) is 226 cm³/mol. The van der Waals surface area contributed by atoms with Crippen molar-refractivity contribution in [3.8, 4) is 16.8 Å². The molecule has 0 radical (unpaired) electrons. The maximum absolute atomic E-state index is 2.50. The van der Waals surface area contributed by atoms with Crippen LogP contribution in [0.25, 0.3) is 61.5 Å². The molecular weight excluding hydrogens is 641 g/mol. The van der Waals surface area contributed by atoms with Gasteiger partial charge in [0.05, 0.1) is 11.0 Å². The smallest absolute Gasteiger partial charge is 0.0588 e. The van der Waals surface area contributed by atoms with Crippen molar-refractivity contribution in [3.63, 3.8) is 0 Å². The maximum atomic E-state index is 2.50. The molecule has 252 valence electrons. The van der Waals surface area contributed by atoms with Crippen LogP contribution < -0.4 is 4.90 Å². The molecule has 1 aliphatic rings. The molecule has 0 saturated carbocycles. The third kappa shape index (κ3) is 5.10. The van der Waals surface area contributed by atoms with Gasteiger partial charge in [-0.2, -0.15) is 0 Å². The topological polar surface area (TPSA) is 8.17 Å². The number of hydrogen-bond acceptors (Lipinski definition) is 1. The van der Waals surface area contributed by atoms with Crippen LogP contribution in [-0.4, -0.2) is 4.57 Å². The zero-order valence-corrected chi connectivity index (χ0v) is 29.9. The second-order valence-corrected chi connectivity index (χ2v) is 14.6. The van der Waals surface area contributed by atoms with Gasteiger partial charge in [-0.25, -0.2) is 0 Å². The van der Waals surface area contributed by atoms with Gasteiger partial charge in [0.25, 0.3) is 0 Å². The Kier molecular flexibility index (Phi) is 7.19. The fourth-order valence-electron chi connectivity index (χ4n) is 8.58. The van der Waals surface area contributed by atoms with Gasteiger partial charge in [-0.15, -0.1) is 0 Å². The quantitative estimate of drug-likeness (QED) is 0.159. The minimum atomic E-state index is -0.197. The highest BCUT2D eigenvalue weighted by molar-refractivity contribution is 6.13. The summed E-state index contributed by atoms with van der Waals surface area (Å²) in [5, 5.41) is 5.10. The fourth-order valence-corrected chi connectivity index (χ4v) is 8.58. The van der Waals surface area contributed by atoms with E-state index in [1.54, 1.807) is 0 Å². The molecule has 0 aliphatic heterocycles. The van der Waals surface area contributed by atoms with Gasteiger partial charge in [-0.3, -0.25) is 0 Å². The number of rotatable bonds is 6. The second-order valence-electron chi connectivity index (χ2n) is 14.6. The van der Waals surface area contributed by atoms with Gasteiger partial charge in [0.2, 0.25) is 0 Å². The molecule has 10 rings (SSSR count). The van der Waals surface area contributed by atoms with Gasteiger partial charge < -0.3 is 9.47 Å². The summed E-state index contributed by atoms with van der Waals surface area (Å²) in [4.78, 5) is 2.30. The van der Waals surface area contributed by atoms with Crippen LogP contribution in [0.2, 0.25) is 0 Å². The van der Waals surface area contributed by atoms with Crippen LogP contribution in [0.1, 0.15) is 36.1 Å². The number of anilines is 3. The third-order valence-corrected chi connectivity index (χ3v) is 11.1. The Hall–Kier alpha value is -6.64. The molecule has 53 heavy (non-hydrogen) atoms. The van der Waals surface area contributed by atoms with Crippen LogP contribution >= 0.6 is 0 Å². The average molecular weight is 679 g/mol. The highest BCUT2D eigenvalue weighted by Gasteiger charge is 2.38. The van der Waals surface area contributed by atoms with E-state index in [-0.39, 0.29) is 5.41 Å². The molecule has 0 fully saturated rings. The summed E-state index contributed by atoms with van der Waals surface area (Å²) in [5.41, 5.74) is 14.7. The van der Waals surface area contributed by atoms with Crippen molar-refractivity contribution in [2.45, 2.75) is 19.3 Å². The van der Waals surface area contributed by atoms with Gasteiger partial charge in [0, 0.05) is 38.9 Å². The molecule has 9 aromatic rings. The largest absolute Gasteiger partial charge is 0.311 e. The zero-order chi connectivity index (χ0) is 35.5. The Morgan fingerprint density at radius 3 is 1.83 bits per heavy atom. The molecule has 0 amide bonds. The summed E-state index contributed by atoms with van der Waals surface area (Å²) in [6.07, 6.45) is 4.48. The van der Waals surface area contributed by atoms with E-state index >= 15 is 0 Å². The maximum Gasteiger partial charge on any atom is 0.0588 e. The van der Waals surface area contributed by atoms with Gasteiger partial charge in [-0.05, 0) is 98.8 Å². The van der Waals surface area contributed by atoms with Crippen LogP contribution in [0.15, 0.2) is 182 Å². The van der Waals surface area contributed by atoms with Crippen LogP contribution in [0, 0.1) is 0 Å². The third-order valence-electron chi connectivity index (χ3n) is 11.1. The van der Waals surface area contributed by atoms with Crippen molar-refractivity contribution in [1.29, 1.82) is 0 Å². The SMILES string of the molecule is CC1(C)c2cc(/C=C/c3ccc(N(c4ccccc4)c4ccccc4)cc3)ccc2-c2ccc3c4ccccc4n(-c4ccc5ccccc5c4)c3c21. The summed E-state index contributed by atoms with van der Waals surface area (Å²) in [6, 6.07) is 66.0. The van der Waals surface area contributed by atoms with Crippen LogP contribution in [0.3, 0.4) is 0 Å². The van der Waals surface area contributed by atoms with Crippen LogP contribution in [0.4, 0.5) is 17.1 Å². The van der Waals surface area contributed by atoms with E-state index in [2.05, 4.69) is 217 Å². The molecule has 2 nitrogen and oxygen atoms in total. The van der Waals surface area contributed by atoms with E-state index in [4.69, 9.17) is 0 Å². The molecule has 0 spiro atoms. The van der Waals surface area contributed by atoms with Crippen molar-refractivity contribution in [2.24, 2.45) is 0 Å². The Balaban J connectivity index is 1.02. The number of hydrogen-bond donors (Lipinski definition) is 0. The molecule has 0 bridgehead atoms. The zero-order valence-electron chi connectivity index (χ0n) is 29.9. The first-order valence-corrected chi connectivity index (χ1v) is 18.4. The van der Waals surface area contributed by atoms with Gasteiger partial charge in [0.15, 0.2) is 0 Å². The van der Waals surface area contributed by atoms with E-state index in [9.17, 15) is 0 Å². The monoisotopic (exact) mass is 678 g/mol. The highest BCUT2D eigenvalue weighted by Crippen LogP contribution is 2.53. The van der Waals surface area contributed by atoms with Crippen molar-refractivity contribution in [3.05, 3.63) is 204 Å². The van der Waals surface area contributed by atoms with Crippen molar-refractivity contribution in [2.75, 3.05) is 4.90 Å². The lowest BCUT2D eigenvalue weighted by molar-refractivity contribution is 0.663. The molecule has 0 atom stereocenters. The number of benzene rings is 8. The number of nitrogens with zero attached hydrogens (tertiary/aromatic N) is 2. The molecule has 1 aromatic heterocycles. The average Bonchev–Trinajstić information content (AvgIpc) is 3.66. The van der Waals surface area contributed by atoms with Crippen LogP contribution in [-0.2, 0) is 5.41 Å². The lowest BCUT2D eigenvalue weighted by atomic mass is 9.81. The number of aromatic nitrogens is 1. The lowest BCUT2D eigenvalue weighted by Crippen LogP contribution is -2.16. The molecular formula is C51H38N2. The molecule has 2 heteroatoms. The van der Waals surface area contributed by atoms with Crippen LogP contribution in [0.5, 0.6) is 0 Å². The highest BCUT2D eigenvalue weighted by atomic mass is 15.1. The first-order valence-electron chi connectivity index (χ1n) is 18.4. The number of fused-ring (bicyclic) bond motifs is 8. The Morgan fingerprint density at radius 1 is 0.472 bits per heavy atom. The first-order chi connectivity index (χ1) is 26.0. The van der Waals surface area contributed by atoms with Gasteiger partial charge in [0.1, 0.15) is 0 Å². The van der Waals surface area contributed by atoms with E-state index in [1.165, 1.54) is 71.6 Å². The summed E-state index contributed by atoms with van der Waals surface area (Å²) in [6.45, 7) is 4.80. The summed E-state index contributed by atoms with van der Waals surface area (Å²) in [5.74, 6) is 0. The van der Waals surface area contributed by atoms with E-state index in [0.29, 0.717) is 0 Å². The molecule has 0 unspecified atom stereocenters. The van der Waals surface area contributed by atoms with Gasteiger partial charge >= 0.3 is 0 Å². The first kappa shape index (κ1) is 31.1. The minimum Gasteiger partial charge on any atom is -0.311 e. The lowest BCUT2D eigenvalue weighted by Gasteiger charge is -2.25. The molecule has 1 heterocycles. The standard InChI is InChI=1S/C51H38N2/c1-51(2)47-33-36(22-21-35-23-27-41(28-24-35)52(39-15-5-3-6-16-39)40-17-7-4-8-18-40)25-30-43(47)45-31-32-46-44-19-11-12-20-48(44)53(50(46)49(45)51)42-29-26-37-13-9-10-14-38(37)34-42/h3-34H,1-2H3/b22-21+. The van der Waals surface area contributed by atoms with Gasteiger partial charge in [-0.1, -0.05) is 153 Å². The predicted octanol–water partition coefficient (Wildman–Crippen LogP) is 13.9. The summed E-state index contributed by atoms with van der Waals surface area (Å²) in [7, 11) is 0. The Morgan fingerprint density at radius 2 is 1.08 bits per heavy atom. The molecule has 8 aromatic carbocycles. The van der Waals surface area contributed by atoms with E-state index < -0.39 is 0 Å².